The number of benzene rings is 1. The van der Waals surface area contributed by atoms with Crippen molar-refractivity contribution >= 4 is 22.8 Å². The van der Waals surface area contributed by atoms with Crippen molar-refractivity contribution in [1.82, 2.24) is 10.3 Å². The van der Waals surface area contributed by atoms with Crippen LogP contribution in [0.2, 0.25) is 0 Å². The first-order valence-electron chi connectivity index (χ1n) is 7.95. The number of hydrogen-bond acceptors (Lipinski definition) is 2. The number of aliphatic carboxylic acids is 1. The van der Waals surface area contributed by atoms with E-state index in [-0.39, 0.29) is 12.3 Å². The Morgan fingerprint density at radius 3 is 2.52 bits per heavy atom. The smallest absolute Gasteiger partial charge is 0.303 e. The summed E-state index contributed by atoms with van der Waals surface area (Å²) in [6, 6.07) is 4.24. The third-order valence-electron chi connectivity index (χ3n) is 4.16. The van der Waals surface area contributed by atoms with Crippen LogP contribution in [0.3, 0.4) is 0 Å². The minimum Gasteiger partial charge on any atom is -0.481 e. The normalized spacial score (nSPS) is 10.9. The maximum atomic E-state index is 11.9. The molecule has 124 valence electrons. The van der Waals surface area contributed by atoms with E-state index >= 15 is 0 Å². The molecule has 0 unspecified atom stereocenters. The number of hydrogen-bond donors (Lipinski definition) is 3. The van der Waals surface area contributed by atoms with Gasteiger partial charge in [0, 0.05) is 30.5 Å². The molecule has 2 rings (SSSR count). The minimum atomic E-state index is -0.815. The number of rotatable bonds is 7. The van der Waals surface area contributed by atoms with Gasteiger partial charge in [-0.3, -0.25) is 9.59 Å². The number of nitrogens with one attached hydrogen (secondary N) is 2. The van der Waals surface area contributed by atoms with E-state index in [1.807, 2.05) is 0 Å². The van der Waals surface area contributed by atoms with Gasteiger partial charge in [-0.2, -0.15) is 0 Å². The van der Waals surface area contributed by atoms with Crippen LogP contribution < -0.4 is 5.32 Å². The molecular formula is C18H24N2O3. The predicted octanol–water partition coefficient (Wildman–Crippen LogP) is 3.35. The van der Waals surface area contributed by atoms with Crippen LogP contribution in [-0.4, -0.2) is 22.0 Å². The number of amides is 1. The first-order valence-corrected chi connectivity index (χ1v) is 7.95. The number of aromatic amines is 1. The van der Waals surface area contributed by atoms with Gasteiger partial charge in [0.15, 0.2) is 0 Å². The summed E-state index contributed by atoms with van der Waals surface area (Å²) >= 11 is 0. The predicted molar refractivity (Wildman–Crippen MR) is 90.5 cm³/mol. The molecule has 1 aromatic carbocycles. The standard InChI is InChI=1S/C18H24N2O3/c1-11-8-14(18-15(9-11)12(2)13(3)20-18)10-19-16(21)6-4-5-7-17(22)23/h8-9,20H,4-7,10H2,1-3H3,(H,19,21)(H,22,23). The highest BCUT2D eigenvalue weighted by molar-refractivity contribution is 5.88. The molecule has 23 heavy (non-hydrogen) atoms. The van der Waals surface area contributed by atoms with Crippen molar-refractivity contribution < 1.29 is 14.7 Å². The van der Waals surface area contributed by atoms with Gasteiger partial charge in [-0.1, -0.05) is 11.6 Å². The molecule has 1 amide bonds. The Kier molecular flexibility index (Phi) is 5.42. The quantitative estimate of drug-likeness (QED) is 0.685. The topological polar surface area (TPSA) is 82.2 Å². The van der Waals surface area contributed by atoms with E-state index in [4.69, 9.17) is 5.11 Å². The maximum Gasteiger partial charge on any atom is 0.303 e. The van der Waals surface area contributed by atoms with Crippen molar-refractivity contribution in [3.8, 4) is 0 Å². The second-order valence-electron chi connectivity index (χ2n) is 6.10. The van der Waals surface area contributed by atoms with E-state index in [1.54, 1.807) is 0 Å². The molecule has 5 nitrogen and oxygen atoms in total. The Morgan fingerprint density at radius 2 is 1.83 bits per heavy atom. The van der Waals surface area contributed by atoms with Gasteiger partial charge in [0.05, 0.1) is 5.52 Å². The van der Waals surface area contributed by atoms with Gasteiger partial charge in [-0.15, -0.1) is 0 Å². The average molecular weight is 316 g/mol. The van der Waals surface area contributed by atoms with Crippen LogP contribution in [0.1, 0.15) is 48.1 Å². The largest absolute Gasteiger partial charge is 0.481 e. The van der Waals surface area contributed by atoms with Gasteiger partial charge in [-0.05, 0) is 50.8 Å². The Bertz CT molecular complexity index is 731. The van der Waals surface area contributed by atoms with Crippen molar-refractivity contribution in [3.05, 3.63) is 34.5 Å². The molecule has 3 N–H and O–H groups in total. The number of H-pyrrole nitrogens is 1. The van der Waals surface area contributed by atoms with Crippen LogP contribution in [0.25, 0.3) is 10.9 Å². The van der Waals surface area contributed by atoms with Crippen LogP contribution in [0.5, 0.6) is 0 Å². The first-order chi connectivity index (χ1) is 10.9. The molecule has 0 atom stereocenters. The monoisotopic (exact) mass is 316 g/mol. The van der Waals surface area contributed by atoms with Crippen LogP contribution >= 0.6 is 0 Å². The van der Waals surface area contributed by atoms with Gasteiger partial charge in [-0.25, -0.2) is 0 Å². The lowest BCUT2D eigenvalue weighted by molar-refractivity contribution is -0.137. The molecule has 0 saturated heterocycles. The second kappa shape index (κ2) is 7.31. The lowest BCUT2D eigenvalue weighted by atomic mass is 10.0. The molecule has 0 bridgehead atoms. The van der Waals surface area contributed by atoms with E-state index < -0.39 is 5.97 Å². The molecule has 0 fully saturated rings. The first kappa shape index (κ1) is 17.1. The summed E-state index contributed by atoms with van der Waals surface area (Å²) in [6.07, 6.45) is 1.62. The second-order valence-corrected chi connectivity index (χ2v) is 6.10. The number of carbonyl (C=O) groups is 2. The Morgan fingerprint density at radius 1 is 1.13 bits per heavy atom. The van der Waals surface area contributed by atoms with Crippen LogP contribution in [0.4, 0.5) is 0 Å². The number of aryl methyl sites for hydroxylation is 3. The van der Waals surface area contributed by atoms with E-state index in [0.717, 1.165) is 16.8 Å². The van der Waals surface area contributed by atoms with E-state index in [1.165, 1.54) is 16.5 Å². The van der Waals surface area contributed by atoms with Crippen molar-refractivity contribution in [1.29, 1.82) is 0 Å². The zero-order valence-electron chi connectivity index (χ0n) is 14.0. The zero-order valence-corrected chi connectivity index (χ0v) is 14.0. The molecule has 5 heteroatoms. The fourth-order valence-electron chi connectivity index (χ4n) is 2.77. The number of carboxylic acids is 1. The number of fused-ring (bicyclic) bond motifs is 1. The van der Waals surface area contributed by atoms with Gasteiger partial charge in [0.1, 0.15) is 0 Å². The van der Waals surface area contributed by atoms with Crippen LogP contribution in [0.15, 0.2) is 12.1 Å². The number of carbonyl (C=O) groups excluding carboxylic acids is 1. The van der Waals surface area contributed by atoms with Gasteiger partial charge >= 0.3 is 5.97 Å². The third kappa shape index (κ3) is 4.34. The fraction of sp³-hybridized carbons (Fsp3) is 0.444. The van der Waals surface area contributed by atoms with Gasteiger partial charge < -0.3 is 15.4 Å². The lowest BCUT2D eigenvalue weighted by Crippen LogP contribution is -2.22. The molecule has 0 spiro atoms. The molecule has 0 saturated carbocycles. The molecule has 1 aromatic heterocycles. The summed E-state index contributed by atoms with van der Waals surface area (Å²) in [5, 5.41) is 12.7. The third-order valence-corrected chi connectivity index (χ3v) is 4.16. The fourth-order valence-corrected chi connectivity index (χ4v) is 2.77. The lowest BCUT2D eigenvalue weighted by Gasteiger charge is -2.08. The SMILES string of the molecule is Cc1cc(CNC(=O)CCCCC(=O)O)c2[nH]c(C)c(C)c2c1. The Balaban J connectivity index is 1.98. The Hall–Kier alpha value is -2.30. The summed E-state index contributed by atoms with van der Waals surface area (Å²) in [6.45, 7) is 6.68. The molecule has 2 aromatic rings. The maximum absolute atomic E-state index is 11.9. The highest BCUT2D eigenvalue weighted by Crippen LogP contribution is 2.26. The Labute approximate surface area is 136 Å². The molecular weight excluding hydrogens is 292 g/mol. The summed E-state index contributed by atoms with van der Waals surface area (Å²) in [7, 11) is 0. The highest BCUT2D eigenvalue weighted by Gasteiger charge is 2.10. The van der Waals surface area contributed by atoms with Crippen LogP contribution in [0, 0.1) is 20.8 Å². The summed E-state index contributed by atoms with van der Waals surface area (Å²) in [4.78, 5) is 25.7. The summed E-state index contributed by atoms with van der Waals surface area (Å²) in [5.41, 5.74) is 5.72. The van der Waals surface area contributed by atoms with Crippen molar-refractivity contribution in [2.24, 2.45) is 0 Å². The van der Waals surface area contributed by atoms with Gasteiger partial charge in [0.2, 0.25) is 5.91 Å². The molecule has 0 aliphatic carbocycles. The van der Waals surface area contributed by atoms with Crippen molar-refractivity contribution in [2.45, 2.75) is 53.0 Å². The van der Waals surface area contributed by atoms with E-state index in [2.05, 4.69) is 43.2 Å². The molecule has 0 aliphatic heterocycles. The molecule has 1 heterocycles. The molecule has 0 radical (unpaired) electrons. The summed E-state index contributed by atoms with van der Waals surface area (Å²) < 4.78 is 0. The van der Waals surface area contributed by atoms with Crippen LogP contribution in [-0.2, 0) is 16.1 Å². The van der Waals surface area contributed by atoms with Crippen molar-refractivity contribution in [2.75, 3.05) is 0 Å². The van der Waals surface area contributed by atoms with E-state index in [0.29, 0.717) is 25.8 Å². The van der Waals surface area contributed by atoms with Crippen molar-refractivity contribution in [3.63, 3.8) is 0 Å². The number of carboxylic acid groups (broad SMARTS) is 1. The zero-order chi connectivity index (χ0) is 17.0. The molecule has 0 aliphatic rings. The number of aromatic nitrogens is 1. The number of unbranched alkanes of at least 4 members (excludes halogenated alkanes) is 1. The summed E-state index contributed by atoms with van der Waals surface area (Å²) in [5.74, 6) is -0.852. The highest BCUT2D eigenvalue weighted by atomic mass is 16.4. The van der Waals surface area contributed by atoms with E-state index in [9.17, 15) is 9.59 Å². The van der Waals surface area contributed by atoms with Gasteiger partial charge in [0.25, 0.3) is 0 Å². The minimum absolute atomic E-state index is 0.0370. The average Bonchev–Trinajstić information content (AvgIpc) is 2.77.